The second-order valence-electron chi connectivity index (χ2n) is 6.18. The molecule has 0 saturated carbocycles. The van der Waals surface area contributed by atoms with Gasteiger partial charge in [-0.25, -0.2) is 9.78 Å². The summed E-state index contributed by atoms with van der Waals surface area (Å²) < 4.78 is 7.47. The number of fused-ring (bicyclic) bond motifs is 1. The van der Waals surface area contributed by atoms with Crippen molar-refractivity contribution >= 4 is 11.7 Å². The largest absolute Gasteiger partial charge is 0.493 e. The summed E-state index contributed by atoms with van der Waals surface area (Å²) in [6, 6.07) is 13.9. The molecule has 0 saturated heterocycles. The molecule has 0 aliphatic carbocycles. The highest BCUT2D eigenvalue weighted by Gasteiger charge is 2.13. The topological polar surface area (TPSA) is 68.2 Å². The van der Waals surface area contributed by atoms with Gasteiger partial charge in [-0.2, -0.15) is 0 Å². The van der Waals surface area contributed by atoms with Crippen LogP contribution < -0.4 is 15.4 Å². The summed E-state index contributed by atoms with van der Waals surface area (Å²) in [4.78, 5) is 16.1. The maximum atomic E-state index is 12.1. The van der Waals surface area contributed by atoms with Gasteiger partial charge in [-0.05, 0) is 41.0 Å². The van der Waals surface area contributed by atoms with Crippen molar-refractivity contribution in [2.24, 2.45) is 0 Å². The van der Waals surface area contributed by atoms with E-state index in [4.69, 9.17) is 4.74 Å². The predicted octanol–water partition coefficient (Wildman–Crippen LogP) is 3.31. The third-order valence-electron chi connectivity index (χ3n) is 4.36. The summed E-state index contributed by atoms with van der Waals surface area (Å²) in [5, 5.41) is 5.73. The standard InChI is InChI=1S/C20H20N4O2/c25-20(22-8-10-24-9-7-21-14-24)23-18-3-1-2-15(13-18)16-4-5-19-17(12-16)6-11-26-19/h1-5,7,9,12-14H,6,8,10-11H2,(H2,22,23,25). The molecule has 6 nitrogen and oxygen atoms in total. The Bertz CT molecular complexity index is 906. The van der Waals surface area contributed by atoms with E-state index in [1.54, 1.807) is 12.5 Å². The fourth-order valence-electron chi connectivity index (χ4n) is 3.04. The summed E-state index contributed by atoms with van der Waals surface area (Å²) in [6.07, 6.45) is 6.26. The van der Waals surface area contributed by atoms with E-state index in [-0.39, 0.29) is 6.03 Å². The van der Waals surface area contributed by atoms with Crippen LogP contribution in [0.1, 0.15) is 5.56 Å². The van der Waals surface area contributed by atoms with Crippen LogP contribution >= 0.6 is 0 Å². The molecule has 1 aliphatic rings. The lowest BCUT2D eigenvalue weighted by molar-refractivity contribution is 0.251. The van der Waals surface area contributed by atoms with Crippen LogP contribution in [-0.4, -0.2) is 28.7 Å². The zero-order chi connectivity index (χ0) is 17.8. The minimum Gasteiger partial charge on any atom is -0.493 e. The highest BCUT2D eigenvalue weighted by atomic mass is 16.5. The Labute approximate surface area is 151 Å². The number of carbonyl (C=O) groups excluding carboxylic acids is 1. The third kappa shape index (κ3) is 3.69. The van der Waals surface area contributed by atoms with Gasteiger partial charge in [-0.3, -0.25) is 0 Å². The molecule has 2 aromatic carbocycles. The van der Waals surface area contributed by atoms with Gasteiger partial charge >= 0.3 is 6.03 Å². The van der Waals surface area contributed by atoms with Gasteiger partial charge in [0.2, 0.25) is 0 Å². The van der Waals surface area contributed by atoms with Crippen LogP contribution in [0, 0.1) is 0 Å². The molecule has 0 atom stereocenters. The SMILES string of the molecule is O=C(NCCn1ccnc1)Nc1cccc(-c2ccc3c(c2)CCO3)c1. The van der Waals surface area contributed by atoms with Crippen LogP contribution in [0.3, 0.4) is 0 Å². The molecule has 1 aliphatic heterocycles. The first-order valence-corrected chi connectivity index (χ1v) is 8.65. The third-order valence-corrected chi connectivity index (χ3v) is 4.36. The molecule has 1 aromatic heterocycles. The first-order valence-electron chi connectivity index (χ1n) is 8.65. The number of benzene rings is 2. The molecule has 0 radical (unpaired) electrons. The van der Waals surface area contributed by atoms with Crippen molar-refractivity contribution in [3.63, 3.8) is 0 Å². The van der Waals surface area contributed by atoms with Gasteiger partial charge in [-0.15, -0.1) is 0 Å². The quantitative estimate of drug-likeness (QED) is 0.743. The number of nitrogens with zero attached hydrogens (tertiary/aromatic N) is 2. The van der Waals surface area contributed by atoms with E-state index >= 15 is 0 Å². The Hall–Kier alpha value is -3.28. The summed E-state index contributed by atoms with van der Waals surface area (Å²) in [7, 11) is 0. The molecule has 132 valence electrons. The van der Waals surface area contributed by atoms with E-state index in [2.05, 4.69) is 27.8 Å². The molecular formula is C20H20N4O2. The van der Waals surface area contributed by atoms with Crippen LogP contribution in [0.25, 0.3) is 11.1 Å². The minimum absolute atomic E-state index is 0.218. The van der Waals surface area contributed by atoms with Gasteiger partial charge in [0.05, 0.1) is 12.9 Å². The first-order chi connectivity index (χ1) is 12.8. The molecule has 26 heavy (non-hydrogen) atoms. The van der Waals surface area contributed by atoms with E-state index in [0.717, 1.165) is 35.6 Å². The Morgan fingerprint density at radius 1 is 1.19 bits per heavy atom. The van der Waals surface area contributed by atoms with Gasteiger partial charge in [-0.1, -0.05) is 18.2 Å². The summed E-state index contributed by atoms with van der Waals surface area (Å²) in [5.41, 5.74) is 4.19. The van der Waals surface area contributed by atoms with Crippen molar-refractivity contribution in [2.45, 2.75) is 13.0 Å². The normalized spacial score (nSPS) is 12.3. The van der Waals surface area contributed by atoms with Crippen molar-refractivity contribution in [2.75, 3.05) is 18.5 Å². The van der Waals surface area contributed by atoms with Gasteiger partial charge in [0.25, 0.3) is 0 Å². The Balaban J connectivity index is 1.38. The van der Waals surface area contributed by atoms with Crippen LogP contribution in [0.15, 0.2) is 61.2 Å². The molecule has 2 heterocycles. The molecule has 3 aromatic rings. The number of hydrogen-bond acceptors (Lipinski definition) is 3. The van der Waals surface area contributed by atoms with Crippen molar-refractivity contribution in [1.82, 2.24) is 14.9 Å². The molecule has 0 unspecified atom stereocenters. The van der Waals surface area contributed by atoms with Crippen LogP contribution in [0.4, 0.5) is 10.5 Å². The summed E-state index contributed by atoms with van der Waals surface area (Å²) in [6.45, 7) is 1.97. The van der Waals surface area contributed by atoms with Crippen LogP contribution in [0.5, 0.6) is 5.75 Å². The number of hydrogen-bond donors (Lipinski definition) is 2. The molecule has 2 amide bonds. The summed E-state index contributed by atoms with van der Waals surface area (Å²) >= 11 is 0. The molecule has 4 rings (SSSR count). The van der Waals surface area contributed by atoms with Crippen molar-refractivity contribution < 1.29 is 9.53 Å². The Morgan fingerprint density at radius 2 is 2.12 bits per heavy atom. The molecule has 0 fully saturated rings. The van der Waals surface area contributed by atoms with Crippen LogP contribution in [0.2, 0.25) is 0 Å². The second-order valence-corrected chi connectivity index (χ2v) is 6.18. The molecule has 2 N–H and O–H groups in total. The lowest BCUT2D eigenvalue weighted by atomic mass is 10.0. The number of rotatable bonds is 5. The number of urea groups is 1. The summed E-state index contributed by atoms with van der Waals surface area (Å²) in [5.74, 6) is 0.972. The zero-order valence-electron chi connectivity index (χ0n) is 14.3. The number of amides is 2. The highest BCUT2D eigenvalue weighted by molar-refractivity contribution is 5.90. The predicted molar refractivity (Wildman–Crippen MR) is 100 cm³/mol. The number of imidazole rings is 1. The monoisotopic (exact) mass is 348 g/mol. The van der Waals surface area contributed by atoms with Gasteiger partial charge < -0.3 is 19.9 Å². The van der Waals surface area contributed by atoms with Gasteiger partial charge in [0.1, 0.15) is 5.75 Å². The lowest BCUT2D eigenvalue weighted by Gasteiger charge is -2.10. The maximum Gasteiger partial charge on any atom is 0.319 e. The number of carbonyl (C=O) groups is 1. The number of ether oxygens (including phenoxy) is 1. The van der Waals surface area contributed by atoms with Gasteiger partial charge in [0, 0.05) is 37.6 Å². The first kappa shape index (κ1) is 16.2. The molecule has 0 spiro atoms. The number of nitrogens with one attached hydrogen (secondary N) is 2. The Morgan fingerprint density at radius 3 is 3.00 bits per heavy atom. The average molecular weight is 348 g/mol. The van der Waals surface area contributed by atoms with Crippen molar-refractivity contribution in [1.29, 1.82) is 0 Å². The lowest BCUT2D eigenvalue weighted by Crippen LogP contribution is -2.31. The molecule has 6 heteroatoms. The maximum absolute atomic E-state index is 12.1. The number of aromatic nitrogens is 2. The number of anilines is 1. The fraction of sp³-hybridized carbons (Fsp3) is 0.200. The van der Waals surface area contributed by atoms with E-state index in [1.165, 1.54) is 5.56 Å². The zero-order valence-corrected chi connectivity index (χ0v) is 14.3. The molecule has 0 bridgehead atoms. The smallest absolute Gasteiger partial charge is 0.319 e. The van der Waals surface area contributed by atoms with Crippen LogP contribution in [-0.2, 0) is 13.0 Å². The van der Waals surface area contributed by atoms with E-state index in [0.29, 0.717) is 13.1 Å². The van der Waals surface area contributed by atoms with E-state index in [9.17, 15) is 4.79 Å². The van der Waals surface area contributed by atoms with Crippen molar-refractivity contribution in [3.8, 4) is 16.9 Å². The van der Waals surface area contributed by atoms with E-state index in [1.807, 2.05) is 41.1 Å². The highest BCUT2D eigenvalue weighted by Crippen LogP contribution is 2.31. The second kappa shape index (κ2) is 7.31. The Kier molecular flexibility index (Phi) is 4.55. The van der Waals surface area contributed by atoms with E-state index < -0.39 is 0 Å². The van der Waals surface area contributed by atoms with Crippen molar-refractivity contribution in [3.05, 3.63) is 66.7 Å². The minimum atomic E-state index is -0.218. The average Bonchev–Trinajstić information content (AvgIpc) is 3.33. The fourth-order valence-corrected chi connectivity index (χ4v) is 3.04. The molecular weight excluding hydrogens is 328 g/mol. The van der Waals surface area contributed by atoms with Gasteiger partial charge in [0.15, 0.2) is 0 Å².